The number of carbonyl (C=O) groups is 1. The third-order valence-corrected chi connectivity index (χ3v) is 4.74. The lowest BCUT2D eigenvalue weighted by Gasteiger charge is -2.11. The van der Waals surface area contributed by atoms with Gasteiger partial charge in [0.1, 0.15) is 9.88 Å². The molecule has 0 aliphatic heterocycles. The van der Waals surface area contributed by atoms with Gasteiger partial charge in [-0.1, -0.05) is 0 Å². The van der Waals surface area contributed by atoms with Crippen molar-refractivity contribution in [1.29, 1.82) is 0 Å². The van der Waals surface area contributed by atoms with Crippen LogP contribution in [0.25, 0.3) is 10.6 Å². The number of pyridine rings is 1. The molecule has 4 nitrogen and oxygen atoms in total. The zero-order chi connectivity index (χ0) is 14.5. The first-order valence-electron chi connectivity index (χ1n) is 6.29. The number of aromatic nitrogens is 2. The van der Waals surface area contributed by atoms with Crippen LogP contribution >= 0.6 is 23.1 Å². The predicted octanol–water partition coefficient (Wildman–Crippen LogP) is 2.99. The second-order valence-electron chi connectivity index (χ2n) is 4.51. The highest BCUT2D eigenvalue weighted by atomic mass is 32.2. The zero-order valence-electron chi connectivity index (χ0n) is 11.7. The summed E-state index contributed by atoms with van der Waals surface area (Å²) in [5, 5.41) is 3.83. The first-order chi connectivity index (χ1) is 9.61. The lowest BCUT2D eigenvalue weighted by molar-refractivity contribution is 0.0947. The van der Waals surface area contributed by atoms with E-state index in [-0.39, 0.29) is 11.9 Å². The van der Waals surface area contributed by atoms with Gasteiger partial charge in [-0.05, 0) is 32.2 Å². The summed E-state index contributed by atoms with van der Waals surface area (Å²) >= 11 is 3.13. The van der Waals surface area contributed by atoms with Crippen LogP contribution in [-0.4, -0.2) is 33.9 Å². The van der Waals surface area contributed by atoms with Crippen molar-refractivity contribution in [2.75, 3.05) is 12.0 Å². The van der Waals surface area contributed by atoms with Crippen LogP contribution in [0.2, 0.25) is 0 Å². The van der Waals surface area contributed by atoms with Gasteiger partial charge in [0.2, 0.25) is 0 Å². The molecule has 0 bridgehead atoms. The van der Waals surface area contributed by atoms with E-state index in [0.29, 0.717) is 4.88 Å². The Morgan fingerprint density at radius 3 is 3.00 bits per heavy atom. The largest absolute Gasteiger partial charge is 0.348 e. The van der Waals surface area contributed by atoms with Gasteiger partial charge in [0.05, 0.1) is 5.69 Å². The number of rotatable bonds is 5. The van der Waals surface area contributed by atoms with E-state index >= 15 is 0 Å². The second kappa shape index (κ2) is 6.85. The van der Waals surface area contributed by atoms with E-state index in [1.807, 2.05) is 32.2 Å². The van der Waals surface area contributed by atoms with Gasteiger partial charge in [-0.2, -0.15) is 11.8 Å². The van der Waals surface area contributed by atoms with Crippen LogP contribution in [0.5, 0.6) is 0 Å². The lowest BCUT2D eigenvalue weighted by Crippen LogP contribution is -2.34. The lowest BCUT2D eigenvalue weighted by atomic mass is 10.3. The summed E-state index contributed by atoms with van der Waals surface area (Å²) < 4.78 is 0. The SMILES string of the molecule is CSC[C@H](C)NC(=O)c1sc(-c2cccnc2)nc1C. The number of carbonyl (C=O) groups excluding carboxylic acids is 1. The van der Waals surface area contributed by atoms with Crippen molar-refractivity contribution in [3.63, 3.8) is 0 Å². The molecule has 0 fully saturated rings. The number of nitrogens with zero attached hydrogens (tertiary/aromatic N) is 2. The molecule has 1 N–H and O–H groups in total. The number of thiazole rings is 1. The van der Waals surface area contributed by atoms with Crippen molar-refractivity contribution in [3.8, 4) is 10.6 Å². The molecular formula is C14H17N3OS2. The second-order valence-corrected chi connectivity index (χ2v) is 6.41. The van der Waals surface area contributed by atoms with Crippen molar-refractivity contribution in [2.45, 2.75) is 19.9 Å². The fourth-order valence-electron chi connectivity index (χ4n) is 1.80. The number of thioether (sulfide) groups is 1. The molecule has 0 aliphatic rings. The van der Waals surface area contributed by atoms with Crippen LogP contribution in [0.4, 0.5) is 0 Å². The standard InChI is InChI=1S/C14H17N3OS2/c1-9(8-19-3)16-13(18)12-10(2)17-14(20-12)11-5-4-6-15-7-11/h4-7,9H,8H2,1-3H3,(H,16,18)/t9-/m0/s1. The van der Waals surface area contributed by atoms with Gasteiger partial charge in [-0.3, -0.25) is 9.78 Å². The molecule has 0 saturated heterocycles. The summed E-state index contributed by atoms with van der Waals surface area (Å²) in [6.07, 6.45) is 5.51. The molecule has 0 aromatic carbocycles. The highest BCUT2D eigenvalue weighted by Gasteiger charge is 2.17. The van der Waals surface area contributed by atoms with E-state index in [1.54, 1.807) is 24.2 Å². The molecule has 2 aromatic heterocycles. The van der Waals surface area contributed by atoms with Crippen molar-refractivity contribution in [2.24, 2.45) is 0 Å². The summed E-state index contributed by atoms with van der Waals surface area (Å²) in [6, 6.07) is 3.97. The van der Waals surface area contributed by atoms with Gasteiger partial charge in [-0.25, -0.2) is 4.98 Å². The van der Waals surface area contributed by atoms with Crippen molar-refractivity contribution in [1.82, 2.24) is 15.3 Å². The molecule has 0 saturated carbocycles. The summed E-state index contributed by atoms with van der Waals surface area (Å²) in [5.41, 5.74) is 1.71. The van der Waals surface area contributed by atoms with Gasteiger partial charge in [0.15, 0.2) is 0 Å². The Hall–Kier alpha value is -1.40. The molecule has 2 aromatic rings. The van der Waals surface area contributed by atoms with Crippen LogP contribution in [-0.2, 0) is 0 Å². The molecule has 20 heavy (non-hydrogen) atoms. The first kappa shape index (κ1) is 15.0. The van der Waals surface area contributed by atoms with Crippen molar-refractivity contribution >= 4 is 29.0 Å². The molecule has 106 valence electrons. The summed E-state index contributed by atoms with van der Waals surface area (Å²) in [7, 11) is 0. The van der Waals surface area contributed by atoms with Crippen LogP contribution in [0.1, 0.15) is 22.3 Å². The Morgan fingerprint density at radius 1 is 1.55 bits per heavy atom. The Kier molecular flexibility index (Phi) is 5.14. The maximum Gasteiger partial charge on any atom is 0.263 e. The number of nitrogens with one attached hydrogen (secondary N) is 1. The summed E-state index contributed by atoms with van der Waals surface area (Å²) in [5.74, 6) is 0.857. The van der Waals surface area contributed by atoms with Crippen LogP contribution in [0.15, 0.2) is 24.5 Å². The molecule has 0 spiro atoms. The van der Waals surface area contributed by atoms with Crippen molar-refractivity contribution in [3.05, 3.63) is 35.1 Å². The van der Waals surface area contributed by atoms with Gasteiger partial charge >= 0.3 is 0 Å². The molecule has 2 heterocycles. The third-order valence-electron chi connectivity index (χ3n) is 2.71. The molecule has 0 aliphatic carbocycles. The Balaban J connectivity index is 2.17. The quantitative estimate of drug-likeness (QED) is 0.922. The van der Waals surface area contributed by atoms with E-state index in [2.05, 4.69) is 15.3 Å². The van der Waals surface area contributed by atoms with Gasteiger partial charge in [0, 0.05) is 29.8 Å². The fraction of sp³-hybridized carbons (Fsp3) is 0.357. The number of aryl methyl sites for hydroxylation is 1. The van der Waals surface area contributed by atoms with E-state index < -0.39 is 0 Å². The van der Waals surface area contributed by atoms with Gasteiger partial charge in [-0.15, -0.1) is 11.3 Å². The Morgan fingerprint density at radius 2 is 2.35 bits per heavy atom. The number of hydrogen-bond acceptors (Lipinski definition) is 5. The topological polar surface area (TPSA) is 54.9 Å². The van der Waals surface area contributed by atoms with Crippen molar-refractivity contribution < 1.29 is 4.79 Å². The maximum atomic E-state index is 12.2. The minimum absolute atomic E-state index is 0.0447. The van der Waals surface area contributed by atoms with Crippen LogP contribution < -0.4 is 5.32 Å². The Labute approximate surface area is 127 Å². The molecule has 0 unspecified atom stereocenters. The van der Waals surface area contributed by atoms with Gasteiger partial charge in [0.25, 0.3) is 5.91 Å². The fourth-order valence-corrected chi connectivity index (χ4v) is 3.34. The van der Waals surface area contributed by atoms with E-state index in [9.17, 15) is 4.79 Å². The summed E-state index contributed by atoms with van der Waals surface area (Å²) in [6.45, 7) is 3.87. The maximum absolute atomic E-state index is 12.2. The average molecular weight is 307 g/mol. The molecule has 6 heteroatoms. The minimum Gasteiger partial charge on any atom is -0.348 e. The van der Waals surface area contributed by atoms with E-state index in [0.717, 1.165) is 22.0 Å². The third kappa shape index (κ3) is 3.58. The predicted molar refractivity (Wildman–Crippen MR) is 85.4 cm³/mol. The smallest absolute Gasteiger partial charge is 0.263 e. The Bertz CT molecular complexity index is 583. The zero-order valence-corrected chi connectivity index (χ0v) is 13.3. The first-order valence-corrected chi connectivity index (χ1v) is 8.50. The molecule has 1 atom stereocenters. The molecular weight excluding hydrogens is 290 g/mol. The minimum atomic E-state index is -0.0447. The molecule has 0 radical (unpaired) electrons. The number of hydrogen-bond donors (Lipinski definition) is 1. The molecule has 1 amide bonds. The highest BCUT2D eigenvalue weighted by Crippen LogP contribution is 2.27. The monoisotopic (exact) mass is 307 g/mol. The van der Waals surface area contributed by atoms with E-state index in [4.69, 9.17) is 0 Å². The molecule has 2 rings (SSSR count). The normalized spacial score (nSPS) is 12.2. The van der Waals surface area contributed by atoms with Gasteiger partial charge < -0.3 is 5.32 Å². The number of amides is 1. The van der Waals surface area contributed by atoms with Crippen LogP contribution in [0, 0.1) is 6.92 Å². The highest BCUT2D eigenvalue weighted by molar-refractivity contribution is 7.98. The van der Waals surface area contributed by atoms with E-state index in [1.165, 1.54) is 11.3 Å². The average Bonchev–Trinajstić information content (AvgIpc) is 2.82. The van der Waals surface area contributed by atoms with Crippen LogP contribution in [0.3, 0.4) is 0 Å². The summed E-state index contributed by atoms with van der Waals surface area (Å²) in [4.78, 5) is 21.5.